The first kappa shape index (κ1) is 18.7. The van der Waals surface area contributed by atoms with E-state index in [-0.39, 0.29) is 29.2 Å². The summed E-state index contributed by atoms with van der Waals surface area (Å²) in [6.07, 6.45) is 0.0765. The van der Waals surface area contributed by atoms with Gasteiger partial charge in [0.25, 0.3) is 5.96 Å². The zero-order valence-corrected chi connectivity index (χ0v) is 15.1. The first-order chi connectivity index (χ1) is 12.4. The zero-order chi connectivity index (χ0) is 18.7. The van der Waals surface area contributed by atoms with E-state index in [2.05, 4.69) is 5.10 Å². The Kier molecular flexibility index (Phi) is 5.80. The van der Waals surface area contributed by atoms with E-state index in [1.807, 2.05) is 0 Å². The summed E-state index contributed by atoms with van der Waals surface area (Å²) >= 11 is 11.8. The molecule has 9 nitrogen and oxygen atoms in total. The average Bonchev–Trinajstić information content (AvgIpc) is 3.21. The van der Waals surface area contributed by atoms with Crippen molar-refractivity contribution in [1.82, 2.24) is 9.80 Å². The highest BCUT2D eigenvalue weighted by Crippen LogP contribution is 2.28. The Morgan fingerprint density at radius 3 is 2.88 bits per heavy atom. The molecule has 0 N–H and O–H groups in total. The molecule has 1 amide bonds. The molecule has 1 atom stereocenters. The number of hydrogen-bond acceptors (Lipinski definition) is 5. The van der Waals surface area contributed by atoms with Crippen LogP contribution in [0.5, 0.6) is 5.75 Å². The molecule has 0 radical (unpaired) electrons. The van der Waals surface area contributed by atoms with Crippen molar-refractivity contribution in [1.29, 1.82) is 0 Å². The van der Waals surface area contributed by atoms with Crippen LogP contribution in [0.3, 0.4) is 0 Å². The Balaban J connectivity index is 1.74. The number of amides is 1. The van der Waals surface area contributed by atoms with Gasteiger partial charge in [0.15, 0.2) is 10.8 Å². The maximum absolute atomic E-state index is 12.5. The molecule has 2 aliphatic rings. The second kappa shape index (κ2) is 8.07. The smallest absolute Gasteiger partial charge is 0.408 e. The maximum atomic E-state index is 12.5. The predicted octanol–water partition coefficient (Wildman–Crippen LogP) is 2.69. The summed E-state index contributed by atoms with van der Waals surface area (Å²) in [4.78, 5) is 26.2. The van der Waals surface area contributed by atoms with Gasteiger partial charge < -0.3 is 14.4 Å². The van der Waals surface area contributed by atoms with Gasteiger partial charge in [0.1, 0.15) is 5.10 Å². The van der Waals surface area contributed by atoms with Gasteiger partial charge in [0.05, 0.1) is 18.2 Å². The fourth-order valence-corrected chi connectivity index (χ4v) is 3.32. The van der Waals surface area contributed by atoms with Crippen molar-refractivity contribution >= 4 is 35.3 Å². The molecule has 140 valence electrons. The zero-order valence-electron chi connectivity index (χ0n) is 13.6. The lowest BCUT2D eigenvalue weighted by Gasteiger charge is -2.21. The fraction of sp³-hybridized carbons (Fsp3) is 0.467. The molecule has 2 heterocycles. The third-order valence-electron chi connectivity index (χ3n) is 4.10. The molecule has 1 aromatic rings. The van der Waals surface area contributed by atoms with Crippen LogP contribution in [0, 0.1) is 16.0 Å². The van der Waals surface area contributed by atoms with Gasteiger partial charge in [-0.15, -0.1) is 0 Å². The van der Waals surface area contributed by atoms with E-state index >= 15 is 0 Å². The maximum Gasteiger partial charge on any atom is 0.422 e. The molecule has 26 heavy (non-hydrogen) atoms. The summed E-state index contributed by atoms with van der Waals surface area (Å²) in [7, 11) is 0. The Morgan fingerprint density at radius 1 is 1.42 bits per heavy atom. The number of carbonyl (C=O) groups is 1. The number of guanidine groups is 1. The van der Waals surface area contributed by atoms with Gasteiger partial charge in [-0.1, -0.05) is 23.2 Å². The van der Waals surface area contributed by atoms with Crippen LogP contribution in [0.1, 0.15) is 6.42 Å². The van der Waals surface area contributed by atoms with Crippen LogP contribution in [-0.2, 0) is 4.74 Å². The Hall–Kier alpha value is -2.10. The van der Waals surface area contributed by atoms with Gasteiger partial charge in [0.2, 0.25) is 0 Å². The third-order valence-corrected chi connectivity index (χ3v) is 4.63. The van der Waals surface area contributed by atoms with Gasteiger partial charge in [-0.25, -0.2) is 19.8 Å². The molecule has 0 aromatic heterocycles. The minimum atomic E-state index is -0.825. The lowest BCUT2D eigenvalue weighted by molar-refractivity contribution is -0.486. The number of hydrogen-bond donors (Lipinski definition) is 0. The molecule has 0 saturated carbocycles. The van der Waals surface area contributed by atoms with Crippen LogP contribution in [0.15, 0.2) is 23.3 Å². The number of nitro groups is 1. The minimum absolute atomic E-state index is 0.0445. The molecule has 0 bridgehead atoms. The lowest BCUT2D eigenvalue weighted by atomic mass is 10.1. The lowest BCUT2D eigenvalue weighted by Crippen LogP contribution is -2.41. The van der Waals surface area contributed by atoms with Crippen molar-refractivity contribution in [2.45, 2.75) is 6.42 Å². The number of benzene rings is 1. The first-order valence-electron chi connectivity index (χ1n) is 7.94. The Morgan fingerprint density at radius 2 is 2.23 bits per heavy atom. The molecular formula is C15H16Cl2N4O5. The van der Waals surface area contributed by atoms with E-state index in [0.29, 0.717) is 31.3 Å². The number of ether oxygens (including phenoxy) is 2. The van der Waals surface area contributed by atoms with E-state index in [4.69, 9.17) is 32.7 Å². The standard InChI is InChI=1S/C15H16Cl2N4O5/c16-11-1-2-13(12(17)7-11)26-15(22)20-5-4-19(14(20)18-21(23)24)8-10-3-6-25-9-10/h1-2,7,10H,3-6,8-9H2. The summed E-state index contributed by atoms with van der Waals surface area (Å²) in [5, 5.41) is 14.0. The normalized spacial score (nSPS) is 21.5. The van der Waals surface area contributed by atoms with Crippen LogP contribution in [0.4, 0.5) is 4.79 Å². The Bertz CT molecular complexity index is 739. The molecule has 0 aliphatic carbocycles. The van der Waals surface area contributed by atoms with E-state index in [9.17, 15) is 14.9 Å². The van der Waals surface area contributed by atoms with Crippen molar-refractivity contribution in [3.8, 4) is 5.75 Å². The Labute approximate surface area is 159 Å². The molecule has 1 unspecified atom stereocenters. The molecule has 11 heteroatoms. The fourth-order valence-electron chi connectivity index (χ4n) is 2.87. The largest absolute Gasteiger partial charge is 0.422 e. The highest BCUT2D eigenvalue weighted by Gasteiger charge is 2.37. The SMILES string of the molecule is O=C(Oc1ccc(Cl)cc1Cl)N1CCN(CC2CCOC2)C1=N[N+](=O)[O-]. The van der Waals surface area contributed by atoms with Gasteiger partial charge >= 0.3 is 6.09 Å². The second-order valence-corrected chi connectivity index (χ2v) is 6.75. The summed E-state index contributed by atoms with van der Waals surface area (Å²) in [6, 6.07) is 4.42. The van der Waals surface area contributed by atoms with Gasteiger partial charge in [-0.05, 0) is 24.6 Å². The summed E-state index contributed by atoms with van der Waals surface area (Å²) in [5.74, 6) is 0.315. The molecule has 2 fully saturated rings. The van der Waals surface area contributed by atoms with Crippen LogP contribution in [0.2, 0.25) is 10.0 Å². The van der Waals surface area contributed by atoms with E-state index in [1.165, 1.54) is 18.2 Å². The van der Waals surface area contributed by atoms with Crippen LogP contribution >= 0.6 is 23.2 Å². The first-order valence-corrected chi connectivity index (χ1v) is 8.69. The summed E-state index contributed by atoms with van der Waals surface area (Å²) in [6.45, 7) is 2.43. The minimum Gasteiger partial charge on any atom is -0.408 e. The number of halogens is 2. The molecular weight excluding hydrogens is 387 g/mol. The molecule has 2 aliphatic heterocycles. The van der Waals surface area contributed by atoms with Crippen LogP contribution in [-0.4, -0.2) is 59.7 Å². The second-order valence-electron chi connectivity index (χ2n) is 5.91. The number of rotatable bonds is 4. The molecule has 0 spiro atoms. The van der Waals surface area contributed by atoms with Crippen LogP contribution in [0.25, 0.3) is 0 Å². The predicted molar refractivity (Wildman–Crippen MR) is 94.1 cm³/mol. The van der Waals surface area contributed by atoms with Crippen molar-refractivity contribution in [2.24, 2.45) is 11.0 Å². The van der Waals surface area contributed by atoms with Crippen molar-refractivity contribution in [3.63, 3.8) is 0 Å². The summed E-state index contributed by atoms with van der Waals surface area (Å²) in [5.41, 5.74) is 0. The molecule has 3 rings (SSSR count). The molecule has 2 saturated heterocycles. The highest BCUT2D eigenvalue weighted by atomic mass is 35.5. The third kappa shape index (κ3) is 4.35. The van der Waals surface area contributed by atoms with Gasteiger partial charge in [-0.2, -0.15) is 0 Å². The van der Waals surface area contributed by atoms with Crippen molar-refractivity contribution < 1.29 is 19.3 Å². The number of hydrazone groups is 1. The summed E-state index contributed by atoms with van der Waals surface area (Å²) < 4.78 is 10.6. The monoisotopic (exact) mass is 402 g/mol. The number of nitrogens with zero attached hydrogens (tertiary/aromatic N) is 4. The number of carbonyl (C=O) groups excluding carboxylic acids is 1. The van der Waals surface area contributed by atoms with E-state index in [1.54, 1.807) is 4.90 Å². The molecule has 1 aromatic carbocycles. The average molecular weight is 403 g/mol. The van der Waals surface area contributed by atoms with Gasteiger partial charge in [0, 0.05) is 30.6 Å². The van der Waals surface area contributed by atoms with Crippen molar-refractivity contribution in [2.75, 3.05) is 32.8 Å². The van der Waals surface area contributed by atoms with E-state index in [0.717, 1.165) is 11.3 Å². The van der Waals surface area contributed by atoms with Crippen LogP contribution < -0.4 is 4.74 Å². The topological polar surface area (TPSA) is 97.5 Å². The quantitative estimate of drug-likeness (QED) is 0.567. The highest BCUT2D eigenvalue weighted by molar-refractivity contribution is 6.35. The van der Waals surface area contributed by atoms with Gasteiger partial charge in [-0.3, -0.25) is 0 Å². The van der Waals surface area contributed by atoms with E-state index < -0.39 is 11.1 Å². The van der Waals surface area contributed by atoms with Crippen molar-refractivity contribution in [3.05, 3.63) is 38.4 Å².